The SMILES string of the molecule is COCCCOc1cc(C[C@@H](C[C@H](N)[C@@H](O)C[C@H](C(=O)NC[C@H]2CSC(=O)N2)C(C)C)C(C)C)ccc1OC. The molecule has 1 saturated heterocycles. The molecule has 2 rings (SSSR count). The van der Waals surface area contributed by atoms with Crippen LogP contribution in [-0.4, -0.2) is 74.2 Å². The average Bonchev–Trinajstić information content (AvgIpc) is 3.32. The molecule has 0 bridgehead atoms. The summed E-state index contributed by atoms with van der Waals surface area (Å²) in [6.07, 6.45) is 1.70. The minimum atomic E-state index is -0.804. The maximum Gasteiger partial charge on any atom is 0.279 e. The Morgan fingerprint density at radius 3 is 2.49 bits per heavy atom. The highest BCUT2D eigenvalue weighted by molar-refractivity contribution is 8.13. The highest BCUT2D eigenvalue weighted by Gasteiger charge is 2.31. The maximum atomic E-state index is 12.9. The van der Waals surface area contributed by atoms with Crippen molar-refractivity contribution in [3.05, 3.63) is 23.8 Å². The number of benzene rings is 1. The molecule has 39 heavy (non-hydrogen) atoms. The lowest BCUT2D eigenvalue weighted by molar-refractivity contribution is -0.127. The van der Waals surface area contributed by atoms with Gasteiger partial charge in [0.15, 0.2) is 11.5 Å². The van der Waals surface area contributed by atoms with E-state index < -0.39 is 12.1 Å². The van der Waals surface area contributed by atoms with Gasteiger partial charge < -0.3 is 35.7 Å². The topological polar surface area (TPSA) is 132 Å². The summed E-state index contributed by atoms with van der Waals surface area (Å²) < 4.78 is 16.5. The lowest BCUT2D eigenvalue weighted by Gasteiger charge is -2.30. The van der Waals surface area contributed by atoms with Crippen molar-refractivity contribution in [3.63, 3.8) is 0 Å². The molecule has 1 fully saturated rings. The summed E-state index contributed by atoms with van der Waals surface area (Å²) in [5.41, 5.74) is 7.65. The van der Waals surface area contributed by atoms with E-state index in [1.165, 1.54) is 11.8 Å². The Balaban J connectivity index is 1.97. The fraction of sp³-hybridized carbons (Fsp3) is 0.724. The molecule has 1 aromatic carbocycles. The summed E-state index contributed by atoms with van der Waals surface area (Å²) in [6.45, 7) is 9.85. The smallest absolute Gasteiger partial charge is 0.279 e. The fourth-order valence-electron chi connectivity index (χ4n) is 4.75. The Morgan fingerprint density at radius 1 is 1.15 bits per heavy atom. The van der Waals surface area contributed by atoms with Crippen LogP contribution in [0.4, 0.5) is 4.79 Å². The highest BCUT2D eigenvalue weighted by atomic mass is 32.2. The van der Waals surface area contributed by atoms with Crippen LogP contribution >= 0.6 is 11.8 Å². The second-order valence-corrected chi connectivity index (χ2v) is 12.1. The molecule has 0 saturated carbocycles. The molecule has 0 spiro atoms. The first-order chi connectivity index (χ1) is 18.5. The molecule has 1 heterocycles. The monoisotopic (exact) mass is 567 g/mol. The Labute approximate surface area is 238 Å². The number of carbonyl (C=O) groups excluding carboxylic acids is 2. The van der Waals surface area contributed by atoms with Gasteiger partial charge in [0.2, 0.25) is 5.91 Å². The molecule has 2 amide bonds. The zero-order chi connectivity index (χ0) is 28.9. The van der Waals surface area contributed by atoms with Gasteiger partial charge in [-0.1, -0.05) is 45.5 Å². The number of nitrogens with one attached hydrogen (secondary N) is 2. The number of nitrogens with two attached hydrogens (primary N) is 1. The van der Waals surface area contributed by atoms with Crippen LogP contribution in [0.3, 0.4) is 0 Å². The van der Waals surface area contributed by atoms with Crippen LogP contribution in [0, 0.1) is 23.7 Å². The molecule has 1 aliphatic rings. The third kappa shape index (κ3) is 11.2. The summed E-state index contributed by atoms with van der Waals surface area (Å²) in [6, 6.07) is 5.47. The quantitative estimate of drug-likeness (QED) is 0.198. The molecular formula is C29H49N3O6S. The molecule has 5 atom stereocenters. The molecule has 5 N–H and O–H groups in total. The summed E-state index contributed by atoms with van der Waals surface area (Å²) in [4.78, 5) is 24.3. The zero-order valence-electron chi connectivity index (χ0n) is 24.4. The molecule has 0 aliphatic carbocycles. The standard InChI is InChI=1S/C29H49N3O6S/c1-18(2)21(12-20-8-9-26(37-6)27(13-20)38-11-7-10-36-5)14-24(30)25(33)15-23(19(3)4)28(34)31-16-22-17-39-29(35)32-22/h8-9,13,18-19,21-25,33H,7,10-12,14-17,30H2,1-6H3,(H,31,34)(H,32,35)/t21-,22-,23-,24-,25-/m0/s1. The van der Waals surface area contributed by atoms with E-state index in [0.29, 0.717) is 55.8 Å². The molecule has 1 aromatic rings. The van der Waals surface area contributed by atoms with Gasteiger partial charge in [-0.15, -0.1) is 0 Å². The van der Waals surface area contributed by atoms with E-state index in [0.717, 1.165) is 18.4 Å². The number of amides is 2. The molecule has 0 unspecified atom stereocenters. The van der Waals surface area contributed by atoms with Crippen LogP contribution in [0.25, 0.3) is 0 Å². The Hall–Kier alpha value is -2.01. The van der Waals surface area contributed by atoms with Gasteiger partial charge in [0.25, 0.3) is 5.24 Å². The lowest BCUT2D eigenvalue weighted by atomic mass is 9.81. The van der Waals surface area contributed by atoms with Crippen LogP contribution in [0.5, 0.6) is 11.5 Å². The van der Waals surface area contributed by atoms with E-state index >= 15 is 0 Å². The molecule has 10 heteroatoms. The minimum Gasteiger partial charge on any atom is -0.493 e. The van der Waals surface area contributed by atoms with Crippen molar-refractivity contribution in [1.29, 1.82) is 0 Å². The van der Waals surface area contributed by atoms with E-state index in [1.54, 1.807) is 14.2 Å². The molecular weight excluding hydrogens is 518 g/mol. The first-order valence-corrected chi connectivity index (χ1v) is 15.0. The maximum absolute atomic E-state index is 12.9. The third-order valence-electron chi connectivity index (χ3n) is 7.39. The fourth-order valence-corrected chi connectivity index (χ4v) is 5.56. The van der Waals surface area contributed by atoms with E-state index in [1.807, 2.05) is 32.0 Å². The van der Waals surface area contributed by atoms with Crippen molar-refractivity contribution in [1.82, 2.24) is 10.6 Å². The largest absolute Gasteiger partial charge is 0.493 e. The van der Waals surface area contributed by atoms with Gasteiger partial charge in [-0.2, -0.15) is 0 Å². The molecule has 9 nitrogen and oxygen atoms in total. The van der Waals surface area contributed by atoms with Gasteiger partial charge in [-0.3, -0.25) is 9.59 Å². The van der Waals surface area contributed by atoms with Crippen LogP contribution in [-0.2, 0) is 16.0 Å². The van der Waals surface area contributed by atoms with Crippen molar-refractivity contribution >= 4 is 22.9 Å². The van der Waals surface area contributed by atoms with Crippen molar-refractivity contribution in [2.45, 2.75) is 71.6 Å². The van der Waals surface area contributed by atoms with Crippen molar-refractivity contribution < 1.29 is 28.9 Å². The van der Waals surface area contributed by atoms with Crippen LogP contribution < -0.4 is 25.8 Å². The van der Waals surface area contributed by atoms with Gasteiger partial charge in [-0.05, 0) is 54.7 Å². The van der Waals surface area contributed by atoms with E-state index in [-0.39, 0.29) is 34.9 Å². The van der Waals surface area contributed by atoms with E-state index in [4.69, 9.17) is 19.9 Å². The number of methoxy groups -OCH3 is 2. The summed E-state index contributed by atoms with van der Waals surface area (Å²) in [5, 5.41) is 16.8. The number of aliphatic hydroxyl groups is 1. The molecule has 0 radical (unpaired) electrons. The first-order valence-electron chi connectivity index (χ1n) is 14.0. The zero-order valence-corrected chi connectivity index (χ0v) is 25.2. The van der Waals surface area contributed by atoms with Crippen molar-refractivity contribution in [2.75, 3.05) is 39.7 Å². The van der Waals surface area contributed by atoms with Crippen LogP contribution in [0.1, 0.15) is 52.5 Å². The lowest BCUT2D eigenvalue weighted by Crippen LogP contribution is -2.45. The van der Waals surface area contributed by atoms with Gasteiger partial charge in [-0.25, -0.2) is 0 Å². The Morgan fingerprint density at radius 2 is 1.90 bits per heavy atom. The first kappa shape index (κ1) is 33.2. The number of ether oxygens (including phenoxy) is 3. The Kier molecular flexibility index (Phi) is 14.4. The number of hydrogen-bond acceptors (Lipinski definition) is 8. The van der Waals surface area contributed by atoms with Crippen molar-refractivity contribution in [3.8, 4) is 11.5 Å². The van der Waals surface area contributed by atoms with Crippen molar-refractivity contribution in [2.24, 2.45) is 29.4 Å². The second-order valence-electron chi connectivity index (χ2n) is 11.1. The van der Waals surface area contributed by atoms with E-state index in [2.05, 4.69) is 24.5 Å². The number of thioether (sulfide) groups is 1. The molecule has 0 aromatic heterocycles. The average molecular weight is 568 g/mol. The van der Waals surface area contributed by atoms with Gasteiger partial charge >= 0.3 is 0 Å². The highest BCUT2D eigenvalue weighted by Crippen LogP contribution is 2.32. The van der Waals surface area contributed by atoms with E-state index in [9.17, 15) is 14.7 Å². The molecule has 222 valence electrons. The van der Waals surface area contributed by atoms with Gasteiger partial charge in [0, 0.05) is 44.4 Å². The summed E-state index contributed by atoms with van der Waals surface area (Å²) >= 11 is 1.23. The minimum absolute atomic E-state index is 0.0434. The number of rotatable bonds is 18. The molecule has 1 aliphatic heterocycles. The second kappa shape index (κ2) is 16.9. The summed E-state index contributed by atoms with van der Waals surface area (Å²) in [5.74, 6) is 2.19. The van der Waals surface area contributed by atoms with Crippen LogP contribution in [0.2, 0.25) is 0 Å². The number of hydrogen-bond donors (Lipinski definition) is 4. The predicted molar refractivity (Wildman–Crippen MR) is 156 cm³/mol. The number of carbonyl (C=O) groups is 2. The van der Waals surface area contributed by atoms with Gasteiger partial charge in [0.1, 0.15) is 0 Å². The summed E-state index contributed by atoms with van der Waals surface area (Å²) in [7, 11) is 3.30. The Bertz CT molecular complexity index is 900. The number of aliphatic hydroxyl groups excluding tert-OH is 1. The third-order valence-corrected chi connectivity index (χ3v) is 8.33. The normalized spacial score (nSPS) is 18.5. The van der Waals surface area contributed by atoms with Gasteiger partial charge in [0.05, 0.1) is 25.9 Å². The van der Waals surface area contributed by atoms with Crippen LogP contribution in [0.15, 0.2) is 18.2 Å². The predicted octanol–water partition coefficient (Wildman–Crippen LogP) is 3.61.